The van der Waals surface area contributed by atoms with Gasteiger partial charge in [0.1, 0.15) is 0 Å². The van der Waals surface area contributed by atoms with Crippen LogP contribution < -0.4 is 5.73 Å². The summed E-state index contributed by atoms with van der Waals surface area (Å²) in [5, 5.41) is 0. The highest BCUT2D eigenvalue weighted by Gasteiger charge is 2.33. The van der Waals surface area contributed by atoms with Gasteiger partial charge in [0.05, 0.1) is 0 Å². The molecule has 2 N–H and O–H groups in total. The molecule has 1 aliphatic carbocycles. The molecule has 0 amide bonds. The van der Waals surface area contributed by atoms with Crippen LogP contribution in [0.15, 0.2) is 21.1 Å². The molecule has 1 saturated carbocycles. The van der Waals surface area contributed by atoms with Gasteiger partial charge in [0.2, 0.25) is 0 Å². The lowest BCUT2D eigenvalue weighted by Crippen LogP contribution is -2.21. The number of hydrogen-bond acceptors (Lipinski definition) is 1. The molecule has 2 unspecified atom stereocenters. The third-order valence-corrected chi connectivity index (χ3v) is 5.11. The quantitative estimate of drug-likeness (QED) is 0.852. The van der Waals surface area contributed by atoms with Crippen molar-refractivity contribution in [2.24, 2.45) is 17.6 Å². The molecule has 2 rings (SSSR count). The lowest BCUT2D eigenvalue weighted by Gasteiger charge is -2.22. The number of benzene rings is 1. The van der Waals surface area contributed by atoms with Crippen LogP contribution in [-0.4, -0.2) is 0 Å². The third-order valence-electron chi connectivity index (χ3n) is 3.57. The van der Waals surface area contributed by atoms with Crippen LogP contribution >= 0.6 is 31.9 Å². The minimum absolute atomic E-state index is 0.138. The van der Waals surface area contributed by atoms with E-state index >= 15 is 0 Å². The van der Waals surface area contributed by atoms with Crippen molar-refractivity contribution >= 4 is 31.9 Å². The summed E-state index contributed by atoms with van der Waals surface area (Å²) < 4.78 is 2.28. The molecule has 16 heavy (non-hydrogen) atoms. The molecule has 0 saturated heterocycles. The van der Waals surface area contributed by atoms with E-state index in [1.54, 1.807) is 0 Å². The topological polar surface area (TPSA) is 26.0 Å². The largest absolute Gasteiger partial charge is 0.324 e. The maximum Gasteiger partial charge on any atom is 0.0335 e. The van der Waals surface area contributed by atoms with Crippen molar-refractivity contribution in [3.8, 4) is 0 Å². The summed E-state index contributed by atoms with van der Waals surface area (Å²) >= 11 is 7.19. The van der Waals surface area contributed by atoms with Gasteiger partial charge in [-0.3, -0.25) is 0 Å². The van der Waals surface area contributed by atoms with Crippen molar-refractivity contribution in [2.75, 3.05) is 0 Å². The Labute approximate surface area is 114 Å². The Balaban J connectivity index is 2.28. The second-order valence-electron chi connectivity index (χ2n) is 4.85. The van der Waals surface area contributed by atoms with E-state index in [1.807, 2.05) is 0 Å². The highest BCUT2D eigenvalue weighted by Crippen LogP contribution is 2.43. The van der Waals surface area contributed by atoms with Gasteiger partial charge in [-0.2, -0.15) is 0 Å². The molecule has 3 heteroatoms. The van der Waals surface area contributed by atoms with Crippen molar-refractivity contribution in [1.82, 2.24) is 0 Å². The molecule has 0 aromatic heterocycles. The highest BCUT2D eigenvalue weighted by molar-refractivity contribution is 9.11. The Morgan fingerprint density at radius 2 is 1.88 bits per heavy atom. The highest BCUT2D eigenvalue weighted by atomic mass is 79.9. The van der Waals surface area contributed by atoms with Crippen LogP contribution in [-0.2, 0) is 0 Å². The molecule has 88 valence electrons. The standard InChI is InChI=1S/C13H17Br2N/c1-7-5-12(15)10(6-11(7)14)13(16)8(2)9-3-4-9/h5-6,8-9,13H,3-4,16H2,1-2H3. The smallest absolute Gasteiger partial charge is 0.0335 e. The molecule has 1 aromatic carbocycles. The molecule has 0 spiro atoms. The average molecular weight is 347 g/mol. The van der Waals surface area contributed by atoms with Gasteiger partial charge < -0.3 is 5.73 Å². The summed E-state index contributed by atoms with van der Waals surface area (Å²) in [6, 6.07) is 4.43. The van der Waals surface area contributed by atoms with E-state index in [1.165, 1.54) is 24.0 Å². The molecule has 0 radical (unpaired) electrons. The van der Waals surface area contributed by atoms with Crippen LogP contribution in [0.3, 0.4) is 0 Å². The normalized spacial score (nSPS) is 19.6. The maximum atomic E-state index is 6.35. The fraction of sp³-hybridized carbons (Fsp3) is 0.538. The van der Waals surface area contributed by atoms with E-state index in [2.05, 4.69) is 57.8 Å². The zero-order valence-corrected chi connectivity index (χ0v) is 12.8. The molecule has 1 fully saturated rings. The molecule has 2 atom stereocenters. The van der Waals surface area contributed by atoms with Gasteiger partial charge in [-0.25, -0.2) is 0 Å². The van der Waals surface area contributed by atoms with Crippen molar-refractivity contribution in [3.05, 3.63) is 32.2 Å². The molecule has 1 nitrogen and oxygen atoms in total. The predicted octanol–water partition coefficient (Wildman–Crippen LogP) is 4.57. The Morgan fingerprint density at radius 1 is 1.25 bits per heavy atom. The predicted molar refractivity (Wildman–Crippen MR) is 75.4 cm³/mol. The van der Waals surface area contributed by atoms with Crippen LogP contribution in [0.4, 0.5) is 0 Å². The van der Waals surface area contributed by atoms with Crippen LogP contribution in [0.5, 0.6) is 0 Å². The Hall–Kier alpha value is 0.140. The fourth-order valence-corrected chi connectivity index (χ4v) is 3.20. The van der Waals surface area contributed by atoms with Gasteiger partial charge in [-0.05, 0) is 54.9 Å². The minimum atomic E-state index is 0.138. The number of rotatable bonds is 3. The third kappa shape index (κ3) is 2.52. The Kier molecular flexibility index (Phi) is 3.77. The summed E-state index contributed by atoms with van der Waals surface area (Å²) in [6.45, 7) is 4.36. The van der Waals surface area contributed by atoms with Gasteiger partial charge in [0.25, 0.3) is 0 Å². The van der Waals surface area contributed by atoms with Crippen LogP contribution in [0.1, 0.15) is 36.9 Å². The first-order valence-corrected chi connectivity index (χ1v) is 7.30. The molecule has 0 bridgehead atoms. The lowest BCUT2D eigenvalue weighted by atomic mass is 9.91. The molecule has 0 heterocycles. The maximum absolute atomic E-state index is 6.35. The average Bonchev–Trinajstić information content (AvgIpc) is 3.05. The van der Waals surface area contributed by atoms with E-state index in [0.29, 0.717) is 5.92 Å². The summed E-state index contributed by atoms with van der Waals surface area (Å²) in [5.41, 5.74) is 8.81. The number of hydrogen-bond donors (Lipinski definition) is 1. The van der Waals surface area contributed by atoms with Gasteiger partial charge in [-0.15, -0.1) is 0 Å². The molecule has 1 aliphatic rings. The van der Waals surface area contributed by atoms with Crippen LogP contribution in [0, 0.1) is 18.8 Å². The van der Waals surface area contributed by atoms with Gasteiger partial charge in [0.15, 0.2) is 0 Å². The SMILES string of the molecule is Cc1cc(Br)c(C(N)C(C)C2CC2)cc1Br. The first-order valence-electron chi connectivity index (χ1n) is 5.72. The van der Waals surface area contributed by atoms with Crippen LogP contribution in [0.2, 0.25) is 0 Å². The van der Waals surface area contributed by atoms with Crippen LogP contribution in [0.25, 0.3) is 0 Å². The minimum Gasteiger partial charge on any atom is -0.324 e. The van der Waals surface area contributed by atoms with E-state index in [-0.39, 0.29) is 6.04 Å². The second kappa shape index (κ2) is 4.79. The van der Waals surface area contributed by atoms with E-state index < -0.39 is 0 Å². The lowest BCUT2D eigenvalue weighted by molar-refractivity contribution is 0.416. The number of aryl methyl sites for hydroxylation is 1. The number of nitrogens with two attached hydrogens (primary N) is 1. The monoisotopic (exact) mass is 345 g/mol. The van der Waals surface area contributed by atoms with E-state index in [9.17, 15) is 0 Å². The van der Waals surface area contributed by atoms with Crippen molar-refractivity contribution in [2.45, 2.75) is 32.7 Å². The van der Waals surface area contributed by atoms with Crippen molar-refractivity contribution in [1.29, 1.82) is 0 Å². The van der Waals surface area contributed by atoms with Gasteiger partial charge in [0, 0.05) is 15.0 Å². The number of halogens is 2. The molecule has 0 aliphatic heterocycles. The van der Waals surface area contributed by atoms with Crippen molar-refractivity contribution < 1.29 is 0 Å². The first kappa shape index (κ1) is 12.6. The van der Waals surface area contributed by atoms with Gasteiger partial charge in [-0.1, -0.05) is 38.8 Å². The van der Waals surface area contributed by atoms with Gasteiger partial charge >= 0.3 is 0 Å². The zero-order chi connectivity index (χ0) is 11.9. The Bertz CT molecular complexity index is 399. The zero-order valence-electron chi connectivity index (χ0n) is 9.63. The van der Waals surface area contributed by atoms with E-state index in [0.717, 1.165) is 14.9 Å². The summed E-state index contributed by atoms with van der Waals surface area (Å²) in [6.07, 6.45) is 2.69. The summed E-state index contributed by atoms with van der Waals surface area (Å²) in [7, 11) is 0. The Morgan fingerprint density at radius 3 is 2.44 bits per heavy atom. The molecule has 1 aromatic rings. The summed E-state index contributed by atoms with van der Waals surface area (Å²) in [5.74, 6) is 1.41. The second-order valence-corrected chi connectivity index (χ2v) is 6.55. The summed E-state index contributed by atoms with van der Waals surface area (Å²) in [4.78, 5) is 0. The molecular formula is C13H17Br2N. The molecular weight excluding hydrogens is 330 g/mol. The van der Waals surface area contributed by atoms with E-state index in [4.69, 9.17) is 5.73 Å². The first-order chi connectivity index (χ1) is 7.50. The fourth-order valence-electron chi connectivity index (χ4n) is 2.12. The van der Waals surface area contributed by atoms with Crippen molar-refractivity contribution in [3.63, 3.8) is 0 Å².